The lowest BCUT2D eigenvalue weighted by molar-refractivity contribution is 0.600. The summed E-state index contributed by atoms with van der Waals surface area (Å²) in [5.74, 6) is 0.890. The molecule has 0 aliphatic carbocycles. The molecular weight excluding hydrogens is 326 g/mol. The summed E-state index contributed by atoms with van der Waals surface area (Å²) < 4.78 is 27.6. The van der Waals surface area contributed by atoms with E-state index < -0.39 is 10.0 Å². The second kappa shape index (κ2) is 7.24. The van der Waals surface area contributed by atoms with E-state index >= 15 is 0 Å². The molecule has 2 aromatic rings. The highest BCUT2D eigenvalue weighted by Crippen LogP contribution is 2.26. The first kappa shape index (κ1) is 16.3. The fourth-order valence-corrected chi connectivity index (χ4v) is 4.83. The minimum atomic E-state index is -3.47. The molecule has 1 aromatic carbocycles. The number of hydrogen-bond acceptors (Lipinski definition) is 6. The number of sulfonamides is 1. The van der Waals surface area contributed by atoms with Crippen molar-refractivity contribution in [2.75, 3.05) is 10.5 Å². The lowest BCUT2D eigenvalue weighted by Crippen LogP contribution is -2.15. The molecule has 21 heavy (non-hydrogen) atoms. The van der Waals surface area contributed by atoms with E-state index in [0.717, 1.165) is 27.6 Å². The van der Waals surface area contributed by atoms with Gasteiger partial charge in [-0.25, -0.2) is 8.42 Å². The maximum Gasteiger partial charge on any atom is 0.238 e. The van der Waals surface area contributed by atoms with E-state index in [1.807, 2.05) is 31.2 Å². The van der Waals surface area contributed by atoms with Crippen molar-refractivity contribution in [1.29, 1.82) is 0 Å². The molecule has 0 atom stereocenters. The maximum absolute atomic E-state index is 12.2. The third-order valence-corrected chi connectivity index (χ3v) is 6.19. The van der Waals surface area contributed by atoms with Gasteiger partial charge in [-0.1, -0.05) is 54.3 Å². The number of nitrogens with zero attached hydrogens (tertiary/aromatic N) is 2. The first-order chi connectivity index (χ1) is 10.00. The standard InChI is InChI=1S/C13H17N3O2S3/c1-3-8-19-13-15-14-12(20-13)16-21(17,18)9-11-7-5-4-6-10(11)2/h4-7H,3,8-9H2,1-2H3,(H,14,16). The van der Waals surface area contributed by atoms with E-state index in [4.69, 9.17) is 0 Å². The Balaban J connectivity index is 2.04. The van der Waals surface area contributed by atoms with E-state index in [0.29, 0.717) is 5.13 Å². The zero-order valence-electron chi connectivity index (χ0n) is 11.9. The van der Waals surface area contributed by atoms with Gasteiger partial charge in [0.2, 0.25) is 15.2 Å². The second-order valence-corrected chi connectivity index (χ2v) is 8.55. The molecule has 1 aromatic heterocycles. The van der Waals surface area contributed by atoms with Crippen LogP contribution in [0.15, 0.2) is 28.6 Å². The van der Waals surface area contributed by atoms with Gasteiger partial charge in [-0.15, -0.1) is 10.2 Å². The SMILES string of the molecule is CCCSc1nnc(NS(=O)(=O)Cc2ccccc2C)s1. The molecule has 114 valence electrons. The van der Waals surface area contributed by atoms with Crippen LogP contribution in [0.4, 0.5) is 5.13 Å². The van der Waals surface area contributed by atoms with Crippen LogP contribution in [0, 0.1) is 6.92 Å². The van der Waals surface area contributed by atoms with E-state index in [9.17, 15) is 8.42 Å². The highest BCUT2D eigenvalue weighted by Gasteiger charge is 2.16. The molecular formula is C13H17N3O2S3. The van der Waals surface area contributed by atoms with Gasteiger partial charge in [0.1, 0.15) is 0 Å². The van der Waals surface area contributed by atoms with Crippen LogP contribution in [0.3, 0.4) is 0 Å². The molecule has 0 bridgehead atoms. The highest BCUT2D eigenvalue weighted by atomic mass is 32.2. The minimum absolute atomic E-state index is 0.0588. The quantitative estimate of drug-likeness (QED) is 0.781. The predicted molar refractivity (Wildman–Crippen MR) is 88.3 cm³/mol. The molecule has 0 fully saturated rings. The van der Waals surface area contributed by atoms with E-state index in [2.05, 4.69) is 21.8 Å². The van der Waals surface area contributed by atoms with E-state index in [1.165, 1.54) is 11.3 Å². The Labute approximate surface area is 133 Å². The van der Waals surface area contributed by atoms with Gasteiger partial charge in [0.15, 0.2) is 4.34 Å². The van der Waals surface area contributed by atoms with Gasteiger partial charge < -0.3 is 0 Å². The molecule has 0 amide bonds. The molecule has 0 spiro atoms. The van der Waals surface area contributed by atoms with Gasteiger partial charge in [-0.05, 0) is 24.5 Å². The molecule has 2 rings (SSSR count). The number of hydrogen-bond donors (Lipinski definition) is 1. The third kappa shape index (κ3) is 4.98. The van der Waals surface area contributed by atoms with Crippen LogP contribution in [0.5, 0.6) is 0 Å². The molecule has 0 aliphatic rings. The predicted octanol–water partition coefficient (Wildman–Crippen LogP) is 3.29. The van der Waals surface area contributed by atoms with Crippen LogP contribution in [-0.4, -0.2) is 24.4 Å². The van der Waals surface area contributed by atoms with Gasteiger partial charge >= 0.3 is 0 Å². The Hall–Kier alpha value is -1.12. The molecule has 1 heterocycles. The van der Waals surface area contributed by atoms with Crippen molar-refractivity contribution in [3.8, 4) is 0 Å². The summed E-state index contributed by atoms with van der Waals surface area (Å²) in [6.07, 6.45) is 1.04. The summed E-state index contributed by atoms with van der Waals surface area (Å²) in [4.78, 5) is 0. The summed E-state index contributed by atoms with van der Waals surface area (Å²) >= 11 is 2.85. The van der Waals surface area contributed by atoms with Crippen LogP contribution in [-0.2, 0) is 15.8 Å². The number of benzene rings is 1. The van der Waals surface area contributed by atoms with Crippen LogP contribution in [0.1, 0.15) is 24.5 Å². The van der Waals surface area contributed by atoms with Crippen molar-refractivity contribution < 1.29 is 8.42 Å². The van der Waals surface area contributed by atoms with Gasteiger partial charge in [-0.3, -0.25) is 4.72 Å². The van der Waals surface area contributed by atoms with Crippen LogP contribution < -0.4 is 4.72 Å². The Morgan fingerprint density at radius 1 is 1.29 bits per heavy atom. The molecule has 0 radical (unpaired) electrons. The van der Waals surface area contributed by atoms with E-state index in [1.54, 1.807) is 11.8 Å². The van der Waals surface area contributed by atoms with Crippen molar-refractivity contribution in [3.63, 3.8) is 0 Å². The van der Waals surface area contributed by atoms with Crippen molar-refractivity contribution in [1.82, 2.24) is 10.2 Å². The number of anilines is 1. The third-order valence-electron chi connectivity index (χ3n) is 2.69. The van der Waals surface area contributed by atoms with Crippen LogP contribution >= 0.6 is 23.1 Å². The Bertz CT molecular complexity index is 698. The fourth-order valence-electron chi connectivity index (χ4n) is 1.64. The fraction of sp³-hybridized carbons (Fsp3) is 0.385. The smallest absolute Gasteiger partial charge is 0.238 e. The van der Waals surface area contributed by atoms with Gasteiger partial charge in [0.25, 0.3) is 0 Å². The summed E-state index contributed by atoms with van der Waals surface area (Å²) in [5, 5.41) is 8.16. The van der Waals surface area contributed by atoms with Crippen LogP contribution in [0.2, 0.25) is 0 Å². The topological polar surface area (TPSA) is 72.0 Å². The number of rotatable bonds is 7. The van der Waals surface area contributed by atoms with Crippen molar-refractivity contribution in [2.45, 2.75) is 30.4 Å². The zero-order valence-corrected chi connectivity index (χ0v) is 14.3. The molecule has 8 heteroatoms. The Morgan fingerprint density at radius 3 is 2.76 bits per heavy atom. The summed E-state index contributed by atoms with van der Waals surface area (Å²) in [7, 11) is -3.47. The van der Waals surface area contributed by atoms with Crippen LogP contribution in [0.25, 0.3) is 0 Å². The summed E-state index contributed by atoms with van der Waals surface area (Å²) in [5.41, 5.74) is 1.74. The number of aryl methyl sites for hydroxylation is 1. The van der Waals surface area contributed by atoms with Gasteiger partial charge in [0.05, 0.1) is 5.75 Å². The summed E-state index contributed by atoms with van der Waals surface area (Å²) in [6.45, 7) is 3.98. The Kier molecular flexibility index (Phi) is 5.60. The van der Waals surface area contributed by atoms with Gasteiger partial charge in [0, 0.05) is 5.75 Å². The molecule has 0 unspecified atom stereocenters. The van der Waals surface area contributed by atoms with Crippen molar-refractivity contribution in [3.05, 3.63) is 35.4 Å². The monoisotopic (exact) mass is 343 g/mol. The normalized spacial score (nSPS) is 11.5. The number of nitrogens with one attached hydrogen (secondary N) is 1. The van der Waals surface area contributed by atoms with Crippen molar-refractivity contribution in [2.24, 2.45) is 0 Å². The first-order valence-corrected chi connectivity index (χ1v) is 9.97. The average Bonchev–Trinajstić information content (AvgIpc) is 2.85. The number of aromatic nitrogens is 2. The highest BCUT2D eigenvalue weighted by molar-refractivity contribution is 8.01. The summed E-state index contributed by atoms with van der Waals surface area (Å²) in [6, 6.07) is 7.44. The molecule has 0 saturated carbocycles. The Morgan fingerprint density at radius 2 is 2.05 bits per heavy atom. The minimum Gasteiger partial charge on any atom is -0.257 e. The van der Waals surface area contributed by atoms with Gasteiger partial charge in [-0.2, -0.15) is 0 Å². The molecule has 0 saturated heterocycles. The largest absolute Gasteiger partial charge is 0.257 e. The lowest BCUT2D eigenvalue weighted by atomic mass is 10.1. The molecule has 1 N–H and O–H groups in total. The lowest BCUT2D eigenvalue weighted by Gasteiger charge is -2.07. The zero-order chi connectivity index (χ0) is 15.3. The average molecular weight is 343 g/mol. The second-order valence-electron chi connectivity index (χ2n) is 4.51. The molecule has 0 aliphatic heterocycles. The maximum atomic E-state index is 12.2. The van der Waals surface area contributed by atoms with Crippen molar-refractivity contribution >= 4 is 38.3 Å². The first-order valence-electron chi connectivity index (χ1n) is 6.51. The van der Waals surface area contributed by atoms with E-state index in [-0.39, 0.29) is 5.75 Å². The molecule has 5 nitrogen and oxygen atoms in total. The number of thioether (sulfide) groups is 1.